The van der Waals surface area contributed by atoms with Gasteiger partial charge in [0.15, 0.2) is 0 Å². The number of hydrogen-bond acceptors (Lipinski definition) is 6. The summed E-state index contributed by atoms with van der Waals surface area (Å²) in [6.07, 6.45) is 1.86. The monoisotopic (exact) mass is 303 g/mol. The molecule has 0 saturated carbocycles. The Hall–Kier alpha value is -1.53. The molecule has 1 aliphatic rings. The second-order valence-corrected chi connectivity index (χ2v) is 6.65. The molecule has 5 nitrogen and oxygen atoms in total. The van der Waals surface area contributed by atoms with E-state index in [4.69, 9.17) is 0 Å². The van der Waals surface area contributed by atoms with Gasteiger partial charge in [-0.3, -0.25) is 9.88 Å². The zero-order chi connectivity index (χ0) is 14.7. The maximum absolute atomic E-state index is 4.40. The van der Waals surface area contributed by atoms with E-state index < -0.39 is 0 Å². The van der Waals surface area contributed by atoms with Crippen LogP contribution in [0.3, 0.4) is 0 Å². The first kappa shape index (κ1) is 14.4. The topological polar surface area (TPSA) is 45.2 Å². The highest BCUT2D eigenvalue weighted by molar-refractivity contribution is 7.15. The summed E-state index contributed by atoms with van der Waals surface area (Å²) in [4.78, 5) is 9.19. The second-order valence-electron chi connectivity index (χ2n) is 5.66. The van der Waals surface area contributed by atoms with Gasteiger partial charge in [0.05, 0.1) is 5.69 Å². The average molecular weight is 303 g/mol. The summed E-state index contributed by atoms with van der Waals surface area (Å²) in [7, 11) is 0. The van der Waals surface area contributed by atoms with Gasteiger partial charge in [-0.05, 0) is 12.1 Å². The van der Waals surface area contributed by atoms with E-state index in [0.717, 1.165) is 48.6 Å². The molecule has 0 spiro atoms. The van der Waals surface area contributed by atoms with Gasteiger partial charge in [0.1, 0.15) is 5.01 Å². The molecule has 1 aliphatic heterocycles. The van der Waals surface area contributed by atoms with Gasteiger partial charge in [0.25, 0.3) is 0 Å². The molecule has 0 radical (unpaired) electrons. The maximum Gasteiger partial charge on any atom is 0.208 e. The third-order valence-electron chi connectivity index (χ3n) is 3.68. The lowest BCUT2D eigenvalue weighted by Crippen LogP contribution is -2.46. The molecule has 0 amide bonds. The molecule has 3 rings (SSSR count). The van der Waals surface area contributed by atoms with Crippen LogP contribution in [-0.4, -0.2) is 46.3 Å². The van der Waals surface area contributed by atoms with Crippen molar-refractivity contribution in [2.75, 3.05) is 31.1 Å². The Labute approximate surface area is 129 Å². The van der Waals surface area contributed by atoms with E-state index in [2.05, 4.69) is 44.9 Å². The lowest BCUT2D eigenvalue weighted by atomic mass is 10.2. The summed E-state index contributed by atoms with van der Waals surface area (Å²) in [6, 6.07) is 6.10. The fourth-order valence-electron chi connectivity index (χ4n) is 2.41. The van der Waals surface area contributed by atoms with Crippen molar-refractivity contribution in [3.05, 3.63) is 35.1 Å². The van der Waals surface area contributed by atoms with Crippen molar-refractivity contribution in [3.63, 3.8) is 0 Å². The van der Waals surface area contributed by atoms with Crippen LogP contribution >= 0.6 is 11.3 Å². The van der Waals surface area contributed by atoms with Crippen LogP contribution in [0.5, 0.6) is 0 Å². The second kappa shape index (κ2) is 6.49. The highest BCUT2D eigenvalue weighted by atomic mass is 32.1. The predicted octanol–water partition coefficient (Wildman–Crippen LogP) is 2.38. The van der Waals surface area contributed by atoms with Crippen molar-refractivity contribution in [1.82, 2.24) is 20.1 Å². The van der Waals surface area contributed by atoms with Gasteiger partial charge in [0, 0.05) is 44.8 Å². The average Bonchev–Trinajstić information content (AvgIpc) is 2.99. The van der Waals surface area contributed by atoms with Gasteiger partial charge in [-0.1, -0.05) is 31.3 Å². The molecule has 112 valence electrons. The van der Waals surface area contributed by atoms with Crippen LogP contribution < -0.4 is 4.90 Å². The number of piperazine rings is 1. The highest BCUT2D eigenvalue weighted by Crippen LogP contribution is 2.26. The molecule has 0 atom stereocenters. The first-order valence-electron chi connectivity index (χ1n) is 7.43. The number of anilines is 1. The summed E-state index contributed by atoms with van der Waals surface area (Å²) in [5.74, 6) is 0.460. The van der Waals surface area contributed by atoms with Gasteiger partial charge < -0.3 is 4.90 Å². The van der Waals surface area contributed by atoms with Crippen molar-refractivity contribution < 1.29 is 0 Å². The van der Waals surface area contributed by atoms with Crippen LogP contribution in [0.2, 0.25) is 0 Å². The minimum Gasteiger partial charge on any atom is -0.344 e. The van der Waals surface area contributed by atoms with Gasteiger partial charge in [-0.15, -0.1) is 10.2 Å². The molecule has 0 aliphatic carbocycles. The minimum absolute atomic E-state index is 0.460. The van der Waals surface area contributed by atoms with Crippen LogP contribution in [0.15, 0.2) is 24.4 Å². The standard InChI is InChI=1S/C15H21N5S/c1-12(2)14-17-18-15(21-14)20-9-7-19(8-10-20)11-13-5-3-4-6-16-13/h3-6,12H,7-11H2,1-2H3. The Morgan fingerprint density at radius 1 is 1.14 bits per heavy atom. The molecule has 0 unspecified atom stereocenters. The van der Waals surface area contributed by atoms with Crippen LogP contribution in [0.4, 0.5) is 5.13 Å². The van der Waals surface area contributed by atoms with Crippen molar-refractivity contribution in [2.45, 2.75) is 26.3 Å². The third-order valence-corrected chi connectivity index (χ3v) is 4.96. The SMILES string of the molecule is CC(C)c1nnc(N2CCN(Cc3ccccn3)CC2)s1. The van der Waals surface area contributed by atoms with E-state index in [1.165, 1.54) is 0 Å². The highest BCUT2D eigenvalue weighted by Gasteiger charge is 2.20. The van der Waals surface area contributed by atoms with Crippen molar-refractivity contribution >= 4 is 16.5 Å². The van der Waals surface area contributed by atoms with Crippen LogP contribution in [0.25, 0.3) is 0 Å². The Morgan fingerprint density at radius 3 is 2.57 bits per heavy atom. The number of aromatic nitrogens is 3. The van der Waals surface area contributed by atoms with Crippen molar-refractivity contribution in [1.29, 1.82) is 0 Å². The Kier molecular flexibility index (Phi) is 4.45. The summed E-state index contributed by atoms with van der Waals surface area (Å²) in [5, 5.41) is 10.8. The van der Waals surface area contributed by atoms with E-state index in [-0.39, 0.29) is 0 Å². The molecule has 2 aromatic rings. The molecule has 2 aromatic heterocycles. The summed E-state index contributed by atoms with van der Waals surface area (Å²) in [5.41, 5.74) is 1.14. The zero-order valence-corrected chi connectivity index (χ0v) is 13.4. The van der Waals surface area contributed by atoms with Crippen LogP contribution in [0, 0.1) is 0 Å². The minimum atomic E-state index is 0.460. The fourth-order valence-corrected chi connectivity index (χ4v) is 3.30. The molecule has 0 aromatic carbocycles. The maximum atomic E-state index is 4.40. The number of nitrogens with zero attached hydrogens (tertiary/aromatic N) is 5. The van der Waals surface area contributed by atoms with Gasteiger partial charge >= 0.3 is 0 Å². The van der Waals surface area contributed by atoms with Gasteiger partial charge in [0.2, 0.25) is 5.13 Å². The molecule has 1 saturated heterocycles. The normalized spacial score (nSPS) is 16.6. The first-order chi connectivity index (χ1) is 10.2. The smallest absolute Gasteiger partial charge is 0.208 e. The van der Waals surface area contributed by atoms with E-state index >= 15 is 0 Å². The Balaban J connectivity index is 1.55. The molecule has 21 heavy (non-hydrogen) atoms. The van der Waals surface area contributed by atoms with E-state index in [1.54, 1.807) is 11.3 Å². The molecular weight excluding hydrogens is 282 g/mol. The Bertz CT molecular complexity index is 560. The third kappa shape index (κ3) is 3.57. The van der Waals surface area contributed by atoms with Gasteiger partial charge in [-0.2, -0.15) is 0 Å². The van der Waals surface area contributed by atoms with E-state index in [0.29, 0.717) is 5.92 Å². The molecule has 3 heterocycles. The predicted molar refractivity (Wildman–Crippen MR) is 85.7 cm³/mol. The van der Waals surface area contributed by atoms with Crippen molar-refractivity contribution in [2.24, 2.45) is 0 Å². The first-order valence-corrected chi connectivity index (χ1v) is 8.24. The Morgan fingerprint density at radius 2 is 1.95 bits per heavy atom. The zero-order valence-electron chi connectivity index (χ0n) is 12.6. The molecule has 0 bridgehead atoms. The number of pyridine rings is 1. The summed E-state index contributed by atoms with van der Waals surface area (Å²) in [6.45, 7) is 9.38. The fraction of sp³-hybridized carbons (Fsp3) is 0.533. The van der Waals surface area contributed by atoms with Gasteiger partial charge in [-0.25, -0.2) is 0 Å². The molecule has 0 N–H and O–H groups in total. The van der Waals surface area contributed by atoms with Crippen LogP contribution in [-0.2, 0) is 6.54 Å². The molecule has 1 fully saturated rings. The van der Waals surface area contributed by atoms with Crippen molar-refractivity contribution in [3.8, 4) is 0 Å². The largest absolute Gasteiger partial charge is 0.344 e. The number of hydrogen-bond donors (Lipinski definition) is 0. The number of rotatable bonds is 4. The van der Waals surface area contributed by atoms with E-state index in [9.17, 15) is 0 Å². The molecular formula is C15H21N5S. The lowest BCUT2D eigenvalue weighted by molar-refractivity contribution is 0.247. The summed E-state index contributed by atoms with van der Waals surface area (Å²) < 4.78 is 0. The summed E-state index contributed by atoms with van der Waals surface area (Å²) >= 11 is 1.73. The van der Waals surface area contributed by atoms with E-state index in [1.807, 2.05) is 18.3 Å². The lowest BCUT2D eigenvalue weighted by Gasteiger charge is -2.34. The quantitative estimate of drug-likeness (QED) is 0.868. The molecule has 6 heteroatoms. The van der Waals surface area contributed by atoms with Crippen LogP contribution in [0.1, 0.15) is 30.5 Å².